The minimum atomic E-state index is -2.98. The molecule has 3 aromatic heterocycles. The number of rotatable bonds is 6. The standard InChI is InChI=1S/C18H19F2N5O2/c1-11-4-7-22-17(27-18(19)20)15(11)23-16-12-6-9-25(10-14(26)24(2)3)13(12)5-8-21-16/h4-9,18H,10H2,1-3H3,(H,21,23). The maximum absolute atomic E-state index is 12.7. The molecule has 0 spiro atoms. The summed E-state index contributed by atoms with van der Waals surface area (Å²) in [6, 6.07) is 5.28. The number of anilines is 2. The third-order valence-corrected chi connectivity index (χ3v) is 4.07. The van der Waals surface area contributed by atoms with E-state index >= 15 is 0 Å². The fraction of sp³-hybridized carbons (Fsp3) is 0.278. The van der Waals surface area contributed by atoms with Crippen LogP contribution in [0.2, 0.25) is 0 Å². The number of alkyl halides is 2. The van der Waals surface area contributed by atoms with Crippen molar-refractivity contribution >= 4 is 28.3 Å². The van der Waals surface area contributed by atoms with Crippen LogP contribution in [0.4, 0.5) is 20.3 Å². The van der Waals surface area contributed by atoms with Crippen LogP contribution in [-0.4, -0.2) is 46.0 Å². The van der Waals surface area contributed by atoms with Crippen LogP contribution in [0.5, 0.6) is 5.88 Å². The first-order valence-electron chi connectivity index (χ1n) is 8.18. The van der Waals surface area contributed by atoms with Crippen LogP contribution < -0.4 is 10.1 Å². The van der Waals surface area contributed by atoms with Gasteiger partial charge in [-0.3, -0.25) is 4.79 Å². The lowest BCUT2D eigenvalue weighted by molar-refractivity contribution is -0.129. The molecule has 3 rings (SSSR count). The lowest BCUT2D eigenvalue weighted by Crippen LogP contribution is -2.25. The zero-order valence-corrected chi connectivity index (χ0v) is 15.1. The number of likely N-dealkylation sites (N-methyl/N-ethyl adjacent to an activating group) is 1. The van der Waals surface area contributed by atoms with Crippen molar-refractivity contribution in [2.45, 2.75) is 20.1 Å². The molecule has 7 nitrogen and oxygen atoms in total. The Balaban J connectivity index is 1.98. The van der Waals surface area contributed by atoms with Gasteiger partial charge in [-0.15, -0.1) is 0 Å². The van der Waals surface area contributed by atoms with Gasteiger partial charge in [-0.2, -0.15) is 8.78 Å². The third kappa shape index (κ3) is 3.97. The second-order valence-electron chi connectivity index (χ2n) is 6.14. The van der Waals surface area contributed by atoms with Gasteiger partial charge < -0.3 is 19.5 Å². The van der Waals surface area contributed by atoms with E-state index in [1.54, 1.807) is 50.1 Å². The number of ether oxygens (including phenoxy) is 1. The second kappa shape index (κ2) is 7.56. The number of aryl methyl sites for hydroxylation is 1. The van der Waals surface area contributed by atoms with Crippen molar-refractivity contribution in [3.05, 3.63) is 42.4 Å². The molecular formula is C18H19F2N5O2. The molecule has 1 N–H and O–H groups in total. The number of carbonyl (C=O) groups excluding carboxylic acids is 1. The molecule has 0 saturated carbocycles. The second-order valence-corrected chi connectivity index (χ2v) is 6.14. The normalized spacial score (nSPS) is 11.0. The molecule has 3 heterocycles. The first-order valence-corrected chi connectivity index (χ1v) is 8.18. The lowest BCUT2D eigenvalue weighted by Gasteiger charge is -2.14. The summed E-state index contributed by atoms with van der Waals surface area (Å²) in [5.74, 6) is 0.208. The van der Waals surface area contributed by atoms with Gasteiger partial charge in [0.1, 0.15) is 18.1 Å². The van der Waals surface area contributed by atoms with E-state index in [2.05, 4.69) is 20.0 Å². The molecule has 0 atom stereocenters. The van der Waals surface area contributed by atoms with Gasteiger partial charge in [0, 0.05) is 38.1 Å². The molecule has 142 valence electrons. The summed E-state index contributed by atoms with van der Waals surface area (Å²) in [6.07, 6.45) is 4.77. The predicted octanol–water partition coefficient (Wildman–Crippen LogP) is 3.17. The molecule has 0 bridgehead atoms. The van der Waals surface area contributed by atoms with Gasteiger partial charge in [0.2, 0.25) is 11.8 Å². The topological polar surface area (TPSA) is 72.3 Å². The Morgan fingerprint density at radius 2 is 2.00 bits per heavy atom. The third-order valence-electron chi connectivity index (χ3n) is 4.07. The van der Waals surface area contributed by atoms with Crippen LogP contribution in [0, 0.1) is 6.92 Å². The minimum absolute atomic E-state index is 0.0467. The van der Waals surface area contributed by atoms with Crippen LogP contribution in [0.1, 0.15) is 5.56 Å². The van der Waals surface area contributed by atoms with Crippen molar-refractivity contribution in [1.82, 2.24) is 19.4 Å². The Labute approximate surface area is 154 Å². The molecule has 9 heteroatoms. The molecule has 0 aliphatic heterocycles. The highest BCUT2D eigenvalue weighted by molar-refractivity contribution is 5.93. The summed E-state index contributed by atoms with van der Waals surface area (Å²) in [6.45, 7) is -1.05. The van der Waals surface area contributed by atoms with E-state index in [1.165, 1.54) is 11.1 Å². The van der Waals surface area contributed by atoms with Crippen molar-refractivity contribution < 1.29 is 18.3 Å². The summed E-state index contributed by atoms with van der Waals surface area (Å²) in [4.78, 5) is 21.7. The number of amides is 1. The van der Waals surface area contributed by atoms with E-state index in [-0.39, 0.29) is 18.3 Å². The monoisotopic (exact) mass is 375 g/mol. The van der Waals surface area contributed by atoms with E-state index in [1.807, 2.05) is 6.07 Å². The largest absolute Gasteiger partial charge is 0.415 e. The van der Waals surface area contributed by atoms with Gasteiger partial charge in [-0.25, -0.2) is 9.97 Å². The number of hydrogen-bond acceptors (Lipinski definition) is 5. The summed E-state index contributed by atoms with van der Waals surface area (Å²) in [7, 11) is 3.39. The van der Waals surface area contributed by atoms with E-state index in [0.717, 1.165) is 10.9 Å². The number of halogens is 2. The number of carbonyl (C=O) groups is 1. The number of nitrogens with zero attached hydrogens (tertiary/aromatic N) is 4. The quantitative estimate of drug-likeness (QED) is 0.716. The molecule has 0 fully saturated rings. The van der Waals surface area contributed by atoms with Gasteiger partial charge in [-0.05, 0) is 30.7 Å². The fourth-order valence-corrected chi connectivity index (χ4v) is 2.62. The van der Waals surface area contributed by atoms with Crippen molar-refractivity contribution in [1.29, 1.82) is 0 Å². The van der Waals surface area contributed by atoms with Crippen molar-refractivity contribution in [3.8, 4) is 5.88 Å². The Hall–Kier alpha value is -3.23. The van der Waals surface area contributed by atoms with Crippen LogP contribution in [0.3, 0.4) is 0 Å². The van der Waals surface area contributed by atoms with Gasteiger partial charge >= 0.3 is 6.61 Å². The average Bonchev–Trinajstić information content (AvgIpc) is 3.01. The summed E-state index contributed by atoms with van der Waals surface area (Å²) >= 11 is 0. The molecule has 0 aliphatic rings. The first kappa shape index (κ1) is 18.6. The van der Waals surface area contributed by atoms with Gasteiger partial charge in [0.05, 0.1) is 5.52 Å². The van der Waals surface area contributed by atoms with Gasteiger partial charge in [0.25, 0.3) is 0 Å². The Kier molecular flexibility index (Phi) is 5.20. The van der Waals surface area contributed by atoms with Crippen LogP contribution in [0.25, 0.3) is 10.9 Å². The molecule has 0 radical (unpaired) electrons. The summed E-state index contributed by atoms with van der Waals surface area (Å²) in [5, 5.41) is 3.78. The molecular weight excluding hydrogens is 356 g/mol. The molecule has 0 saturated heterocycles. The fourth-order valence-electron chi connectivity index (χ4n) is 2.62. The Bertz CT molecular complexity index is 972. The highest BCUT2D eigenvalue weighted by Gasteiger charge is 2.16. The van der Waals surface area contributed by atoms with E-state index in [9.17, 15) is 13.6 Å². The summed E-state index contributed by atoms with van der Waals surface area (Å²) in [5.41, 5.74) is 1.79. The Morgan fingerprint density at radius 1 is 1.26 bits per heavy atom. The highest BCUT2D eigenvalue weighted by atomic mass is 19.3. The summed E-state index contributed by atoms with van der Waals surface area (Å²) < 4.78 is 31.6. The van der Waals surface area contributed by atoms with E-state index < -0.39 is 6.61 Å². The van der Waals surface area contributed by atoms with Gasteiger partial charge in [-0.1, -0.05) is 0 Å². The maximum atomic E-state index is 12.7. The highest BCUT2D eigenvalue weighted by Crippen LogP contribution is 2.32. The number of aromatic nitrogens is 3. The zero-order valence-electron chi connectivity index (χ0n) is 15.1. The predicted molar refractivity (Wildman–Crippen MR) is 97.3 cm³/mol. The van der Waals surface area contributed by atoms with Crippen LogP contribution >= 0.6 is 0 Å². The maximum Gasteiger partial charge on any atom is 0.388 e. The smallest absolute Gasteiger partial charge is 0.388 e. The lowest BCUT2D eigenvalue weighted by atomic mass is 10.2. The van der Waals surface area contributed by atoms with E-state index in [4.69, 9.17) is 0 Å². The molecule has 0 aromatic carbocycles. The minimum Gasteiger partial charge on any atom is -0.415 e. The van der Waals surface area contributed by atoms with Crippen molar-refractivity contribution in [3.63, 3.8) is 0 Å². The molecule has 0 unspecified atom stereocenters. The average molecular weight is 375 g/mol. The van der Waals surface area contributed by atoms with Crippen LogP contribution in [-0.2, 0) is 11.3 Å². The molecule has 1 amide bonds. The van der Waals surface area contributed by atoms with Gasteiger partial charge in [0.15, 0.2) is 0 Å². The molecule has 27 heavy (non-hydrogen) atoms. The van der Waals surface area contributed by atoms with Crippen LogP contribution in [0.15, 0.2) is 36.8 Å². The van der Waals surface area contributed by atoms with E-state index in [0.29, 0.717) is 17.1 Å². The SMILES string of the molecule is Cc1ccnc(OC(F)F)c1Nc1nccc2c1ccn2CC(=O)N(C)C. The molecule has 0 aliphatic carbocycles. The number of hydrogen-bond donors (Lipinski definition) is 1. The first-order chi connectivity index (χ1) is 12.9. The van der Waals surface area contributed by atoms with Crippen molar-refractivity contribution in [2.75, 3.05) is 19.4 Å². The number of fused-ring (bicyclic) bond motifs is 1. The number of pyridine rings is 2. The number of nitrogens with one attached hydrogen (secondary N) is 1. The Morgan fingerprint density at radius 3 is 2.70 bits per heavy atom. The zero-order chi connectivity index (χ0) is 19.6. The molecule has 3 aromatic rings. The van der Waals surface area contributed by atoms with Crippen molar-refractivity contribution in [2.24, 2.45) is 0 Å².